The van der Waals surface area contributed by atoms with Crippen molar-refractivity contribution < 1.29 is 19.4 Å². The number of hydrogen-bond donors (Lipinski definition) is 2. The van der Waals surface area contributed by atoms with Crippen molar-refractivity contribution in [1.29, 1.82) is 0 Å². The van der Waals surface area contributed by atoms with Crippen molar-refractivity contribution in [3.63, 3.8) is 0 Å². The summed E-state index contributed by atoms with van der Waals surface area (Å²) in [6.07, 6.45) is 5.03. The molecule has 1 aliphatic carbocycles. The number of nitrogens with zero attached hydrogens (tertiary/aromatic N) is 1. The van der Waals surface area contributed by atoms with E-state index in [9.17, 15) is 9.90 Å². The first kappa shape index (κ1) is 20.6. The Morgan fingerprint density at radius 1 is 1.14 bits per heavy atom. The van der Waals surface area contributed by atoms with E-state index in [0.29, 0.717) is 23.1 Å². The minimum absolute atomic E-state index is 0.176. The fourth-order valence-corrected chi connectivity index (χ4v) is 5.29. The molecule has 29 heavy (non-hydrogen) atoms. The van der Waals surface area contributed by atoms with Crippen LogP contribution in [0.15, 0.2) is 24.3 Å². The van der Waals surface area contributed by atoms with Crippen molar-refractivity contribution >= 4 is 5.97 Å². The molecule has 1 aromatic carbocycles. The maximum Gasteiger partial charge on any atom is 0.337 e. The molecule has 160 valence electrons. The van der Waals surface area contributed by atoms with Crippen LogP contribution in [-0.2, 0) is 4.74 Å². The number of carbonyl (C=O) groups is 1. The minimum atomic E-state index is -0.430. The highest BCUT2D eigenvalue weighted by atomic mass is 16.5. The molecule has 4 atom stereocenters. The molecule has 3 aliphatic rings. The van der Waals surface area contributed by atoms with Gasteiger partial charge in [-0.3, -0.25) is 0 Å². The van der Waals surface area contributed by atoms with E-state index < -0.39 is 6.10 Å². The second kappa shape index (κ2) is 9.45. The summed E-state index contributed by atoms with van der Waals surface area (Å²) in [5.41, 5.74) is 0.504. The van der Waals surface area contributed by atoms with Gasteiger partial charge in [-0.1, -0.05) is 0 Å². The van der Waals surface area contributed by atoms with Crippen molar-refractivity contribution in [2.24, 2.45) is 17.8 Å². The maximum atomic E-state index is 11.6. The second-order valence-corrected chi connectivity index (χ2v) is 8.97. The van der Waals surface area contributed by atoms with Crippen LogP contribution in [0.3, 0.4) is 0 Å². The molecule has 2 aliphatic heterocycles. The second-order valence-electron chi connectivity index (χ2n) is 8.97. The van der Waals surface area contributed by atoms with Gasteiger partial charge in [0.15, 0.2) is 0 Å². The number of hydrogen-bond acceptors (Lipinski definition) is 6. The largest absolute Gasteiger partial charge is 0.488 e. The van der Waals surface area contributed by atoms with E-state index >= 15 is 0 Å². The molecule has 6 heteroatoms. The molecule has 2 N–H and O–H groups in total. The van der Waals surface area contributed by atoms with E-state index in [2.05, 4.69) is 10.2 Å². The lowest BCUT2D eigenvalue weighted by Crippen LogP contribution is -2.42. The first-order chi connectivity index (χ1) is 14.1. The summed E-state index contributed by atoms with van der Waals surface area (Å²) < 4.78 is 10.8. The van der Waals surface area contributed by atoms with Crippen LogP contribution in [0.1, 0.15) is 42.5 Å². The van der Waals surface area contributed by atoms with E-state index in [1.807, 2.05) is 0 Å². The number of likely N-dealkylation sites (tertiary alicyclic amines) is 1. The zero-order valence-corrected chi connectivity index (χ0v) is 17.4. The van der Waals surface area contributed by atoms with Gasteiger partial charge in [-0.05, 0) is 93.8 Å². The van der Waals surface area contributed by atoms with E-state index in [1.54, 1.807) is 24.3 Å². The minimum Gasteiger partial charge on any atom is -0.488 e. The van der Waals surface area contributed by atoms with Gasteiger partial charge >= 0.3 is 5.97 Å². The molecule has 0 radical (unpaired) electrons. The molecular formula is C23H34N2O4. The van der Waals surface area contributed by atoms with Crippen LogP contribution in [0, 0.1) is 17.8 Å². The zero-order chi connectivity index (χ0) is 20.2. The van der Waals surface area contributed by atoms with Crippen LogP contribution < -0.4 is 10.1 Å². The Morgan fingerprint density at radius 2 is 1.83 bits per heavy atom. The summed E-state index contributed by atoms with van der Waals surface area (Å²) >= 11 is 0. The van der Waals surface area contributed by atoms with Crippen LogP contribution in [0.2, 0.25) is 0 Å². The van der Waals surface area contributed by atoms with E-state index in [-0.39, 0.29) is 12.1 Å². The zero-order valence-electron chi connectivity index (χ0n) is 17.4. The number of piperidine rings is 1. The van der Waals surface area contributed by atoms with Crippen molar-refractivity contribution in [2.45, 2.75) is 44.3 Å². The molecule has 0 unspecified atom stereocenters. The molecule has 0 bridgehead atoms. The van der Waals surface area contributed by atoms with Crippen molar-refractivity contribution in [3.8, 4) is 5.75 Å². The number of methoxy groups -OCH3 is 1. The third-order valence-electron chi connectivity index (χ3n) is 7.04. The van der Waals surface area contributed by atoms with E-state index in [0.717, 1.165) is 31.8 Å². The Kier molecular flexibility index (Phi) is 6.73. The maximum absolute atomic E-state index is 11.6. The van der Waals surface area contributed by atoms with Gasteiger partial charge in [-0.15, -0.1) is 0 Å². The molecule has 2 heterocycles. The van der Waals surface area contributed by atoms with Crippen molar-refractivity contribution in [3.05, 3.63) is 29.8 Å². The average molecular weight is 403 g/mol. The lowest BCUT2D eigenvalue weighted by molar-refractivity contribution is -0.0231. The van der Waals surface area contributed by atoms with Gasteiger partial charge in [0.1, 0.15) is 11.9 Å². The van der Waals surface area contributed by atoms with Gasteiger partial charge in [0.05, 0.1) is 18.8 Å². The highest BCUT2D eigenvalue weighted by Crippen LogP contribution is 2.38. The first-order valence-corrected chi connectivity index (χ1v) is 11.1. The average Bonchev–Trinajstić information content (AvgIpc) is 3.14. The quantitative estimate of drug-likeness (QED) is 0.712. The number of fused-ring (bicyclic) bond motifs is 1. The smallest absolute Gasteiger partial charge is 0.337 e. The van der Waals surface area contributed by atoms with Crippen LogP contribution in [0.25, 0.3) is 0 Å². The molecule has 3 fully saturated rings. The van der Waals surface area contributed by atoms with Gasteiger partial charge < -0.3 is 24.8 Å². The Hall–Kier alpha value is -1.63. The summed E-state index contributed by atoms with van der Waals surface area (Å²) in [7, 11) is 1.37. The van der Waals surface area contributed by atoms with Gasteiger partial charge in [0.2, 0.25) is 0 Å². The summed E-state index contributed by atoms with van der Waals surface area (Å²) in [6.45, 7) is 5.77. The van der Waals surface area contributed by atoms with Gasteiger partial charge in [-0.2, -0.15) is 0 Å². The van der Waals surface area contributed by atoms with Crippen LogP contribution in [0.4, 0.5) is 0 Å². The highest BCUT2D eigenvalue weighted by molar-refractivity contribution is 5.89. The normalized spacial score (nSPS) is 30.7. The summed E-state index contributed by atoms with van der Waals surface area (Å²) in [5, 5.41) is 14.1. The van der Waals surface area contributed by atoms with Crippen molar-refractivity contribution in [1.82, 2.24) is 10.2 Å². The molecule has 1 aromatic rings. The number of carbonyl (C=O) groups excluding carboxylic acids is 1. The van der Waals surface area contributed by atoms with Crippen LogP contribution in [0.5, 0.6) is 5.75 Å². The molecule has 0 aromatic heterocycles. The first-order valence-electron chi connectivity index (χ1n) is 11.1. The number of esters is 1. The van der Waals surface area contributed by atoms with E-state index in [1.165, 1.54) is 46.0 Å². The number of aliphatic hydroxyl groups excluding tert-OH is 1. The third-order valence-corrected chi connectivity index (χ3v) is 7.04. The molecule has 4 rings (SSSR count). The van der Waals surface area contributed by atoms with Crippen LogP contribution >= 0.6 is 0 Å². The van der Waals surface area contributed by atoms with E-state index in [4.69, 9.17) is 9.47 Å². The van der Waals surface area contributed by atoms with Gasteiger partial charge in [-0.25, -0.2) is 4.79 Å². The SMILES string of the molecule is COC(=O)c1ccc(O[C@@H]2C[C@@H]3CN(CCC4CCNCC4)C[C@@H]3C[C@H]2O)cc1. The molecule has 0 amide bonds. The highest BCUT2D eigenvalue weighted by Gasteiger charge is 2.42. The predicted octanol–water partition coefficient (Wildman–Crippen LogP) is 2.31. The summed E-state index contributed by atoms with van der Waals surface area (Å²) in [5.74, 6) is 2.40. The predicted molar refractivity (Wildman–Crippen MR) is 111 cm³/mol. The number of aliphatic hydroxyl groups is 1. The number of ether oxygens (including phenoxy) is 2. The monoisotopic (exact) mass is 402 g/mol. The fraction of sp³-hybridized carbons (Fsp3) is 0.696. The van der Waals surface area contributed by atoms with Gasteiger partial charge in [0.25, 0.3) is 0 Å². The molecular weight excluding hydrogens is 368 g/mol. The van der Waals surface area contributed by atoms with Crippen molar-refractivity contribution in [2.75, 3.05) is 39.8 Å². The Bertz CT molecular complexity index is 674. The number of rotatable bonds is 6. The topological polar surface area (TPSA) is 71.0 Å². The lowest BCUT2D eigenvalue weighted by atomic mass is 9.78. The third kappa shape index (κ3) is 5.11. The molecule has 0 spiro atoms. The van der Waals surface area contributed by atoms with Gasteiger partial charge in [0, 0.05) is 13.1 Å². The Balaban J connectivity index is 1.28. The number of benzene rings is 1. The number of nitrogens with one attached hydrogen (secondary N) is 1. The summed E-state index contributed by atoms with van der Waals surface area (Å²) in [6, 6.07) is 6.98. The molecule has 2 saturated heterocycles. The standard InChI is InChI=1S/C23H34N2O4/c1-28-23(27)17-2-4-20(5-3-17)29-22-13-19-15-25(14-18(19)12-21(22)26)11-8-16-6-9-24-10-7-16/h2-5,16,18-19,21-22,24,26H,6-15H2,1H3/t18-,19+,21+,22+/m0/s1. The fourth-order valence-electron chi connectivity index (χ4n) is 5.29. The summed E-state index contributed by atoms with van der Waals surface area (Å²) in [4.78, 5) is 14.2. The van der Waals surface area contributed by atoms with Crippen LogP contribution in [-0.4, -0.2) is 68.0 Å². The lowest BCUT2D eigenvalue weighted by Gasteiger charge is -2.35. The Morgan fingerprint density at radius 3 is 2.52 bits per heavy atom. The molecule has 1 saturated carbocycles. The molecule has 6 nitrogen and oxygen atoms in total. The Labute approximate surface area is 173 Å².